The minimum absolute atomic E-state index is 0.261. The molecule has 0 unspecified atom stereocenters. The number of rotatable bonds is 6. The largest absolute Gasteiger partial charge is 0.317 e. The van der Waals surface area contributed by atoms with Gasteiger partial charge in [-0.05, 0) is 61.9 Å². The van der Waals surface area contributed by atoms with Gasteiger partial charge in [-0.2, -0.15) is 0 Å². The van der Waals surface area contributed by atoms with Gasteiger partial charge in [-0.15, -0.1) is 0 Å². The van der Waals surface area contributed by atoms with Gasteiger partial charge < -0.3 is 5.32 Å². The number of hydrogen-bond acceptors (Lipinski definition) is 1. The van der Waals surface area contributed by atoms with Gasteiger partial charge in [0.15, 0.2) is 0 Å². The highest BCUT2D eigenvalue weighted by Gasteiger charge is 2.22. The third-order valence-corrected chi connectivity index (χ3v) is 3.69. The molecule has 0 aromatic heterocycles. The van der Waals surface area contributed by atoms with Crippen LogP contribution in [0, 0.1) is 13.8 Å². The molecular weight excluding hydrogens is 206 g/mol. The first-order valence-electron chi connectivity index (χ1n) is 6.76. The zero-order chi connectivity index (χ0) is 12.9. The average Bonchev–Trinajstić information content (AvgIpc) is 2.28. The molecule has 0 bridgehead atoms. The van der Waals surface area contributed by atoms with Crippen LogP contribution in [0.15, 0.2) is 18.2 Å². The van der Waals surface area contributed by atoms with Crippen molar-refractivity contribution in [1.29, 1.82) is 0 Å². The van der Waals surface area contributed by atoms with Gasteiger partial charge in [0.05, 0.1) is 0 Å². The molecule has 0 heterocycles. The molecule has 1 heteroatoms. The fourth-order valence-corrected chi connectivity index (χ4v) is 2.32. The van der Waals surface area contributed by atoms with Crippen molar-refractivity contribution in [3.8, 4) is 0 Å². The van der Waals surface area contributed by atoms with Crippen LogP contribution in [0.1, 0.15) is 50.3 Å². The lowest BCUT2D eigenvalue weighted by Crippen LogP contribution is -2.26. The van der Waals surface area contributed by atoms with Gasteiger partial charge in [0.25, 0.3) is 0 Å². The molecular formula is C16H27N. The SMILES string of the molecule is CCCNCCC(C)(C)c1cccc(C)c1C. The first-order chi connectivity index (χ1) is 7.99. The number of benzene rings is 1. The lowest BCUT2D eigenvalue weighted by Gasteiger charge is -2.28. The molecule has 0 saturated heterocycles. The molecule has 1 nitrogen and oxygen atoms in total. The van der Waals surface area contributed by atoms with E-state index in [1.165, 1.54) is 29.5 Å². The first kappa shape index (κ1) is 14.2. The molecule has 0 radical (unpaired) electrons. The van der Waals surface area contributed by atoms with E-state index in [1.54, 1.807) is 0 Å². The molecule has 1 rings (SSSR count). The Morgan fingerprint density at radius 3 is 2.47 bits per heavy atom. The summed E-state index contributed by atoms with van der Waals surface area (Å²) in [4.78, 5) is 0. The Balaban J connectivity index is 2.71. The fourth-order valence-electron chi connectivity index (χ4n) is 2.32. The van der Waals surface area contributed by atoms with E-state index in [0.29, 0.717) is 0 Å². The van der Waals surface area contributed by atoms with Crippen molar-refractivity contribution in [3.05, 3.63) is 34.9 Å². The molecule has 96 valence electrons. The minimum atomic E-state index is 0.261. The van der Waals surface area contributed by atoms with Gasteiger partial charge in [-0.25, -0.2) is 0 Å². The van der Waals surface area contributed by atoms with Gasteiger partial charge in [-0.3, -0.25) is 0 Å². The molecule has 0 spiro atoms. The van der Waals surface area contributed by atoms with E-state index in [4.69, 9.17) is 0 Å². The van der Waals surface area contributed by atoms with Crippen LogP contribution in [0.25, 0.3) is 0 Å². The van der Waals surface area contributed by atoms with Crippen LogP contribution in [0.2, 0.25) is 0 Å². The van der Waals surface area contributed by atoms with Crippen molar-refractivity contribution in [2.24, 2.45) is 0 Å². The van der Waals surface area contributed by atoms with Gasteiger partial charge in [0, 0.05) is 0 Å². The van der Waals surface area contributed by atoms with Crippen LogP contribution >= 0.6 is 0 Å². The van der Waals surface area contributed by atoms with Gasteiger partial charge in [0.1, 0.15) is 0 Å². The first-order valence-corrected chi connectivity index (χ1v) is 6.76. The van der Waals surface area contributed by atoms with Crippen molar-refractivity contribution < 1.29 is 0 Å². The molecule has 0 saturated carbocycles. The summed E-state index contributed by atoms with van der Waals surface area (Å²) >= 11 is 0. The fraction of sp³-hybridized carbons (Fsp3) is 0.625. The molecule has 1 aromatic carbocycles. The van der Waals surface area contributed by atoms with Crippen LogP contribution in [0.4, 0.5) is 0 Å². The second-order valence-corrected chi connectivity index (χ2v) is 5.63. The van der Waals surface area contributed by atoms with E-state index in [9.17, 15) is 0 Å². The van der Waals surface area contributed by atoms with Crippen molar-refractivity contribution >= 4 is 0 Å². The van der Waals surface area contributed by atoms with Gasteiger partial charge in [0.2, 0.25) is 0 Å². The minimum Gasteiger partial charge on any atom is -0.317 e. The summed E-state index contributed by atoms with van der Waals surface area (Å²) in [7, 11) is 0. The molecule has 17 heavy (non-hydrogen) atoms. The highest BCUT2D eigenvalue weighted by atomic mass is 14.8. The van der Waals surface area contributed by atoms with Crippen LogP contribution in [0.3, 0.4) is 0 Å². The highest BCUT2D eigenvalue weighted by molar-refractivity contribution is 5.37. The zero-order valence-corrected chi connectivity index (χ0v) is 12.1. The highest BCUT2D eigenvalue weighted by Crippen LogP contribution is 2.30. The molecule has 0 aliphatic heterocycles. The normalized spacial score (nSPS) is 11.8. The van der Waals surface area contributed by atoms with Gasteiger partial charge >= 0.3 is 0 Å². The van der Waals surface area contributed by atoms with Crippen LogP contribution < -0.4 is 5.32 Å². The summed E-state index contributed by atoms with van der Waals surface area (Å²) < 4.78 is 0. The summed E-state index contributed by atoms with van der Waals surface area (Å²) in [6.07, 6.45) is 2.40. The maximum Gasteiger partial charge on any atom is -0.00406 e. The van der Waals surface area contributed by atoms with E-state index >= 15 is 0 Å². The Morgan fingerprint density at radius 2 is 1.82 bits per heavy atom. The summed E-state index contributed by atoms with van der Waals surface area (Å²) in [6.45, 7) is 13.6. The van der Waals surface area contributed by atoms with E-state index in [0.717, 1.165) is 13.1 Å². The lowest BCUT2D eigenvalue weighted by atomic mass is 9.78. The average molecular weight is 233 g/mol. The topological polar surface area (TPSA) is 12.0 Å². The van der Waals surface area contributed by atoms with Crippen LogP contribution in [0.5, 0.6) is 0 Å². The number of hydrogen-bond donors (Lipinski definition) is 1. The van der Waals surface area contributed by atoms with Crippen molar-refractivity contribution in [3.63, 3.8) is 0 Å². The number of aryl methyl sites for hydroxylation is 1. The van der Waals surface area contributed by atoms with Crippen molar-refractivity contribution in [2.75, 3.05) is 13.1 Å². The summed E-state index contributed by atoms with van der Waals surface area (Å²) in [5.74, 6) is 0. The summed E-state index contributed by atoms with van der Waals surface area (Å²) in [5, 5.41) is 3.50. The van der Waals surface area contributed by atoms with E-state index in [1.807, 2.05) is 0 Å². The second-order valence-electron chi connectivity index (χ2n) is 5.63. The lowest BCUT2D eigenvalue weighted by molar-refractivity contribution is 0.455. The Hall–Kier alpha value is -0.820. The van der Waals surface area contributed by atoms with Crippen molar-refractivity contribution in [2.45, 2.75) is 52.9 Å². The molecule has 0 aliphatic rings. The molecule has 0 aliphatic carbocycles. The Kier molecular flexibility index (Phi) is 5.20. The quantitative estimate of drug-likeness (QED) is 0.733. The maximum absolute atomic E-state index is 3.50. The smallest absolute Gasteiger partial charge is 0.00406 e. The molecule has 1 N–H and O–H groups in total. The van der Waals surface area contributed by atoms with E-state index in [2.05, 4.69) is 58.1 Å². The standard InChI is InChI=1S/C16H27N/c1-6-11-17-12-10-16(4,5)15-9-7-8-13(2)14(15)3/h7-9,17H,6,10-12H2,1-5H3. The third-order valence-electron chi connectivity index (χ3n) is 3.69. The molecule has 0 atom stereocenters. The van der Waals surface area contributed by atoms with Crippen molar-refractivity contribution in [1.82, 2.24) is 5.32 Å². The van der Waals surface area contributed by atoms with E-state index in [-0.39, 0.29) is 5.41 Å². The summed E-state index contributed by atoms with van der Waals surface area (Å²) in [6, 6.07) is 6.66. The Bertz CT molecular complexity index is 353. The zero-order valence-electron chi connectivity index (χ0n) is 12.1. The molecule has 1 aromatic rings. The summed E-state index contributed by atoms with van der Waals surface area (Å²) in [5.41, 5.74) is 4.61. The third kappa shape index (κ3) is 3.85. The Labute approximate surface area is 107 Å². The molecule has 0 amide bonds. The molecule has 0 fully saturated rings. The maximum atomic E-state index is 3.50. The Morgan fingerprint density at radius 1 is 1.12 bits per heavy atom. The van der Waals surface area contributed by atoms with Crippen LogP contribution in [-0.2, 0) is 5.41 Å². The van der Waals surface area contributed by atoms with Crippen LogP contribution in [-0.4, -0.2) is 13.1 Å². The number of nitrogens with one attached hydrogen (secondary N) is 1. The predicted molar refractivity (Wildman–Crippen MR) is 76.7 cm³/mol. The monoisotopic (exact) mass is 233 g/mol. The second kappa shape index (κ2) is 6.20. The van der Waals surface area contributed by atoms with E-state index < -0.39 is 0 Å². The predicted octanol–water partition coefficient (Wildman–Crippen LogP) is 3.97. The van der Waals surface area contributed by atoms with Gasteiger partial charge in [-0.1, -0.05) is 39.0 Å².